The van der Waals surface area contributed by atoms with Crippen LogP contribution in [0.2, 0.25) is 0 Å². The molecule has 0 saturated carbocycles. The van der Waals surface area contributed by atoms with Crippen LogP contribution < -0.4 is 14.2 Å². The Kier molecular flexibility index (Phi) is 4.90. The van der Waals surface area contributed by atoms with Gasteiger partial charge in [-0.3, -0.25) is 4.79 Å². The number of sulfonamides is 1. The fourth-order valence-electron chi connectivity index (χ4n) is 2.25. The Morgan fingerprint density at radius 2 is 1.77 bits per heavy atom. The lowest BCUT2D eigenvalue weighted by molar-refractivity contribution is -0.114. The molecule has 2 aromatic carbocycles. The maximum Gasteiger partial charge on any atom is 0.267 e. The van der Waals surface area contributed by atoms with Crippen molar-refractivity contribution in [1.29, 1.82) is 0 Å². The van der Waals surface area contributed by atoms with Crippen molar-refractivity contribution >= 4 is 22.0 Å². The second kappa shape index (κ2) is 7.12. The lowest BCUT2D eigenvalue weighted by Crippen LogP contribution is -2.29. The van der Waals surface area contributed by atoms with Gasteiger partial charge in [0.05, 0.1) is 0 Å². The molecule has 1 heterocycles. The number of ether oxygens (including phenoxy) is 2. The number of amides is 1. The van der Waals surface area contributed by atoms with E-state index in [0.717, 1.165) is 18.2 Å². The predicted octanol–water partition coefficient (Wildman–Crippen LogP) is 2.25. The standard InChI is InChI=1S/C17H13F2NO5S/c18-12-3-5-16(13(19)10-12)26(22,23)20-17(21)6-2-11-1-4-14-15(9-11)25-8-7-24-14/h1-6,9-10H,7-8H2,(H,20,21)/b6-2+. The zero-order chi connectivity index (χ0) is 18.7. The summed E-state index contributed by atoms with van der Waals surface area (Å²) in [5.74, 6) is -2.11. The van der Waals surface area contributed by atoms with Gasteiger partial charge in [0.15, 0.2) is 11.5 Å². The molecule has 1 aliphatic rings. The number of carbonyl (C=O) groups excluding carboxylic acids is 1. The molecule has 0 aliphatic carbocycles. The van der Waals surface area contributed by atoms with Crippen LogP contribution in [0.1, 0.15) is 5.56 Å². The quantitative estimate of drug-likeness (QED) is 0.822. The minimum atomic E-state index is -4.46. The van der Waals surface area contributed by atoms with Gasteiger partial charge in [-0.2, -0.15) is 0 Å². The van der Waals surface area contributed by atoms with E-state index >= 15 is 0 Å². The van der Waals surface area contributed by atoms with Crippen LogP contribution >= 0.6 is 0 Å². The van der Waals surface area contributed by atoms with Crippen LogP contribution in [0.5, 0.6) is 11.5 Å². The molecule has 2 aromatic rings. The van der Waals surface area contributed by atoms with Crippen LogP contribution in [0.4, 0.5) is 8.78 Å². The van der Waals surface area contributed by atoms with Crippen LogP contribution in [-0.4, -0.2) is 27.5 Å². The summed E-state index contributed by atoms with van der Waals surface area (Å²) in [5, 5.41) is 0. The summed E-state index contributed by atoms with van der Waals surface area (Å²) in [6, 6.07) is 6.90. The summed E-state index contributed by atoms with van der Waals surface area (Å²) < 4.78 is 63.0. The first kappa shape index (κ1) is 17.9. The van der Waals surface area contributed by atoms with Gasteiger partial charge in [-0.15, -0.1) is 0 Å². The first-order valence-corrected chi connectivity index (χ1v) is 8.93. The second-order valence-electron chi connectivity index (χ2n) is 5.28. The Morgan fingerprint density at radius 1 is 1.04 bits per heavy atom. The van der Waals surface area contributed by atoms with Crippen LogP contribution in [-0.2, 0) is 14.8 Å². The van der Waals surface area contributed by atoms with Crippen molar-refractivity contribution in [3.8, 4) is 11.5 Å². The Balaban J connectivity index is 1.72. The number of halogens is 2. The highest BCUT2D eigenvalue weighted by Gasteiger charge is 2.21. The molecule has 0 saturated heterocycles. The maximum atomic E-state index is 13.6. The third kappa shape index (κ3) is 3.99. The molecular formula is C17H13F2NO5S. The molecule has 1 amide bonds. The van der Waals surface area contributed by atoms with E-state index in [1.165, 1.54) is 6.08 Å². The minimum absolute atomic E-state index is 0.405. The van der Waals surface area contributed by atoms with E-state index in [9.17, 15) is 22.0 Å². The third-order valence-electron chi connectivity index (χ3n) is 3.41. The third-order valence-corrected chi connectivity index (χ3v) is 4.79. The van der Waals surface area contributed by atoms with E-state index in [4.69, 9.17) is 9.47 Å². The van der Waals surface area contributed by atoms with Crippen LogP contribution in [0.15, 0.2) is 47.4 Å². The molecule has 136 valence electrons. The molecule has 0 bridgehead atoms. The SMILES string of the molecule is O=C(/C=C/c1ccc2c(c1)OCCO2)NS(=O)(=O)c1ccc(F)cc1F. The normalized spacial score (nSPS) is 13.6. The molecule has 9 heteroatoms. The van der Waals surface area contributed by atoms with E-state index in [1.807, 2.05) is 0 Å². The van der Waals surface area contributed by atoms with Gasteiger partial charge in [-0.1, -0.05) is 6.07 Å². The topological polar surface area (TPSA) is 81.7 Å². The van der Waals surface area contributed by atoms with Gasteiger partial charge in [0.2, 0.25) is 0 Å². The van der Waals surface area contributed by atoms with Gasteiger partial charge in [-0.25, -0.2) is 21.9 Å². The van der Waals surface area contributed by atoms with Crippen molar-refractivity contribution in [3.63, 3.8) is 0 Å². The number of hydrogen-bond donors (Lipinski definition) is 1. The van der Waals surface area contributed by atoms with Crippen molar-refractivity contribution in [2.24, 2.45) is 0 Å². The van der Waals surface area contributed by atoms with Gasteiger partial charge < -0.3 is 9.47 Å². The van der Waals surface area contributed by atoms with Crippen molar-refractivity contribution in [2.45, 2.75) is 4.90 Å². The van der Waals surface area contributed by atoms with Gasteiger partial charge in [0.25, 0.3) is 15.9 Å². The summed E-state index contributed by atoms with van der Waals surface area (Å²) in [7, 11) is -4.46. The minimum Gasteiger partial charge on any atom is -0.486 e. The van der Waals surface area contributed by atoms with Crippen LogP contribution in [0, 0.1) is 11.6 Å². The molecule has 1 N–H and O–H groups in total. The number of rotatable bonds is 4. The molecule has 6 nitrogen and oxygen atoms in total. The lowest BCUT2D eigenvalue weighted by atomic mass is 10.2. The average Bonchev–Trinajstić information content (AvgIpc) is 2.59. The molecule has 0 atom stereocenters. The van der Waals surface area contributed by atoms with Gasteiger partial charge in [0, 0.05) is 12.1 Å². The Labute approximate surface area is 148 Å². The number of benzene rings is 2. The van der Waals surface area contributed by atoms with Gasteiger partial charge >= 0.3 is 0 Å². The molecule has 0 unspecified atom stereocenters. The highest BCUT2D eigenvalue weighted by atomic mass is 32.2. The Bertz CT molecular complexity index is 989. The van der Waals surface area contributed by atoms with E-state index in [1.54, 1.807) is 22.9 Å². The fourth-order valence-corrected chi connectivity index (χ4v) is 3.26. The summed E-state index contributed by atoms with van der Waals surface area (Å²) in [6.45, 7) is 0.852. The summed E-state index contributed by atoms with van der Waals surface area (Å²) >= 11 is 0. The second-order valence-corrected chi connectivity index (χ2v) is 6.93. The smallest absolute Gasteiger partial charge is 0.267 e. The monoisotopic (exact) mass is 381 g/mol. The summed E-state index contributed by atoms with van der Waals surface area (Å²) in [4.78, 5) is 11.0. The largest absolute Gasteiger partial charge is 0.486 e. The van der Waals surface area contributed by atoms with Crippen molar-refractivity contribution in [3.05, 3.63) is 59.7 Å². The Morgan fingerprint density at radius 3 is 2.50 bits per heavy atom. The fraction of sp³-hybridized carbons (Fsp3) is 0.118. The summed E-state index contributed by atoms with van der Waals surface area (Å²) in [6.07, 6.45) is 2.34. The number of carbonyl (C=O) groups is 1. The molecule has 26 heavy (non-hydrogen) atoms. The summed E-state index contributed by atoms with van der Waals surface area (Å²) in [5.41, 5.74) is 0.578. The van der Waals surface area contributed by atoms with Gasteiger partial charge in [0.1, 0.15) is 29.7 Å². The zero-order valence-electron chi connectivity index (χ0n) is 13.2. The van der Waals surface area contributed by atoms with Crippen LogP contribution in [0.3, 0.4) is 0 Å². The van der Waals surface area contributed by atoms with Crippen molar-refractivity contribution in [2.75, 3.05) is 13.2 Å². The molecule has 1 aliphatic heterocycles. The highest BCUT2D eigenvalue weighted by Crippen LogP contribution is 2.31. The van der Waals surface area contributed by atoms with Crippen molar-refractivity contribution in [1.82, 2.24) is 4.72 Å². The maximum absolute atomic E-state index is 13.6. The predicted molar refractivity (Wildman–Crippen MR) is 88.2 cm³/mol. The number of nitrogens with one attached hydrogen (secondary N) is 1. The van der Waals surface area contributed by atoms with Crippen molar-refractivity contribution < 1.29 is 31.5 Å². The lowest BCUT2D eigenvalue weighted by Gasteiger charge is -2.18. The number of fused-ring (bicyclic) bond motifs is 1. The van der Waals surface area contributed by atoms with E-state index in [2.05, 4.69) is 0 Å². The van der Waals surface area contributed by atoms with E-state index < -0.39 is 32.5 Å². The molecule has 0 aromatic heterocycles. The van der Waals surface area contributed by atoms with E-state index in [-0.39, 0.29) is 0 Å². The first-order valence-electron chi connectivity index (χ1n) is 7.45. The Hall–Kier alpha value is -2.94. The van der Waals surface area contributed by atoms with Gasteiger partial charge in [-0.05, 0) is 35.9 Å². The highest BCUT2D eigenvalue weighted by molar-refractivity contribution is 7.90. The molecule has 0 fully saturated rings. The van der Waals surface area contributed by atoms with E-state index in [0.29, 0.717) is 36.3 Å². The molecule has 0 spiro atoms. The molecule has 0 radical (unpaired) electrons. The van der Waals surface area contributed by atoms with Crippen LogP contribution in [0.25, 0.3) is 6.08 Å². The average molecular weight is 381 g/mol. The molecular weight excluding hydrogens is 368 g/mol. The zero-order valence-corrected chi connectivity index (χ0v) is 14.1. The first-order chi connectivity index (χ1) is 12.3. The molecule has 3 rings (SSSR count). The number of hydrogen-bond acceptors (Lipinski definition) is 5.